The molecule has 1 heterocycles. The highest BCUT2D eigenvalue weighted by Crippen LogP contribution is 2.28. The highest BCUT2D eigenvalue weighted by atomic mass is 32.2. The first-order valence-corrected chi connectivity index (χ1v) is 11.5. The first kappa shape index (κ1) is 23.1. The van der Waals surface area contributed by atoms with Crippen LogP contribution in [-0.2, 0) is 21.3 Å². The minimum absolute atomic E-state index is 0.175. The van der Waals surface area contributed by atoms with Crippen LogP contribution in [0, 0.1) is 0 Å². The molecule has 8 nitrogen and oxygen atoms in total. The fourth-order valence-electron chi connectivity index (χ4n) is 3.49. The number of carbonyl (C=O) groups excluding carboxylic acids is 1. The van der Waals surface area contributed by atoms with E-state index in [1.165, 1.54) is 28.6 Å². The van der Waals surface area contributed by atoms with Crippen molar-refractivity contribution >= 4 is 16.0 Å². The Morgan fingerprint density at radius 1 is 0.935 bits per heavy atom. The molecule has 1 aliphatic heterocycles. The van der Waals surface area contributed by atoms with Crippen LogP contribution in [0.4, 0.5) is 0 Å². The third-order valence-electron chi connectivity index (χ3n) is 5.19. The first-order chi connectivity index (χ1) is 14.9. The number of esters is 1. The maximum absolute atomic E-state index is 13.0. The molecule has 0 aromatic heterocycles. The molecule has 0 atom stereocenters. The third kappa shape index (κ3) is 5.36. The molecule has 31 heavy (non-hydrogen) atoms. The Hall–Kier alpha value is -2.62. The lowest BCUT2D eigenvalue weighted by atomic mass is 10.1. The summed E-state index contributed by atoms with van der Waals surface area (Å²) in [5.74, 6) is 0.888. The minimum Gasteiger partial charge on any atom is -0.493 e. The summed E-state index contributed by atoms with van der Waals surface area (Å²) in [4.78, 5) is 14.1. The Kier molecular flexibility index (Phi) is 7.53. The van der Waals surface area contributed by atoms with Crippen molar-refractivity contribution < 1.29 is 27.4 Å². The van der Waals surface area contributed by atoms with Crippen LogP contribution < -0.4 is 9.47 Å². The highest BCUT2D eigenvalue weighted by molar-refractivity contribution is 7.89. The summed E-state index contributed by atoms with van der Waals surface area (Å²) in [5, 5.41) is 0. The van der Waals surface area contributed by atoms with Crippen molar-refractivity contribution in [1.82, 2.24) is 9.21 Å². The molecule has 1 aliphatic rings. The van der Waals surface area contributed by atoms with Gasteiger partial charge in [-0.3, -0.25) is 4.90 Å². The van der Waals surface area contributed by atoms with Crippen LogP contribution in [0.2, 0.25) is 0 Å². The summed E-state index contributed by atoms with van der Waals surface area (Å²) in [6.45, 7) is 4.73. The number of benzene rings is 2. The average molecular weight is 449 g/mol. The van der Waals surface area contributed by atoms with Crippen LogP contribution in [0.3, 0.4) is 0 Å². The van der Waals surface area contributed by atoms with Gasteiger partial charge in [0, 0.05) is 32.7 Å². The van der Waals surface area contributed by atoms with Crippen molar-refractivity contribution in [3.63, 3.8) is 0 Å². The molecule has 0 saturated carbocycles. The molecule has 0 N–H and O–H groups in total. The predicted octanol–water partition coefficient (Wildman–Crippen LogP) is 2.39. The SMILES string of the molecule is CCOC(=O)c1ccc(S(=O)(=O)N2CCN(Cc3ccc(OC)c(OC)c3)CC2)cc1. The normalized spacial score (nSPS) is 15.5. The fourth-order valence-corrected chi connectivity index (χ4v) is 4.91. The van der Waals surface area contributed by atoms with E-state index in [0.717, 1.165) is 5.56 Å². The molecule has 2 aromatic carbocycles. The Bertz CT molecular complexity index is 999. The smallest absolute Gasteiger partial charge is 0.338 e. The monoisotopic (exact) mass is 448 g/mol. The van der Waals surface area contributed by atoms with E-state index in [2.05, 4.69) is 4.90 Å². The number of rotatable bonds is 8. The molecular weight excluding hydrogens is 420 g/mol. The number of sulfonamides is 1. The summed E-state index contributed by atoms with van der Waals surface area (Å²) in [7, 11) is -0.414. The van der Waals surface area contributed by atoms with Crippen molar-refractivity contribution in [2.75, 3.05) is 47.0 Å². The fraction of sp³-hybridized carbons (Fsp3) is 0.409. The van der Waals surface area contributed by atoms with Gasteiger partial charge in [0.1, 0.15) is 0 Å². The molecule has 0 amide bonds. The molecule has 2 aromatic rings. The van der Waals surface area contributed by atoms with Gasteiger partial charge in [-0.1, -0.05) is 6.07 Å². The number of nitrogens with zero attached hydrogens (tertiary/aromatic N) is 2. The summed E-state index contributed by atoms with van der Waals surface area (Å²) < 4.78 is 43.0. The van der Waals surface area contributed by atoms with Crippen molar-refractivity contribution in [3.8, 4) is 11.5 Å². The average Bonchev–Trinajstić information content (AvgIpc) is 2.79. The van der Waals surface area contributed by atoms with Crippen LogP contribution in [-0.4, -0.2) is 70.6 Å². The van der Waals surface area contributed by atoms with Gasteiger partial charge in [-0.15, -0.1) is 0 Å². The van der Waals surface area contributed by atoms with Gasteiger partial charge in [0.25, 0.3) is 0 Å². The van der Waals surface area contributed by atoms with Gasteiger partial charge >= 0.3 is 5.97 Å². The third-order valence-corrected chi connectivity index (χ3v) is 7.10. The van der Waals surface area contributed by atoms with Crippen LogP contribution >= 0.6 is 0 Å². The molecule has 0 bridgehead atoms. The van der Waals surface area contributed by atoms with E-state index >= 15 is 0 Å². The lowest BCUT2D eigenvalue weighted by Crippen LogP contribution is -2.48. The number of hydrogen-bond donors (Lipinski definition) is 0. The molecule has 1 saturated heterocycles. The van der Waals surface area contributed by atoms with Crippen LogP contribution in [0.25, 0.3) is 0 Å². The summed E-state index contributed by atoms with van der Waals surface area (Å²) in [5.41, 5.74) is 1.41. The quantitative estimate of drug-likeness (QED) is 0.573. The second-order valence-corrected chi connectivity index (χ2v) is 9.05. The number of carbonyl (C=O) groups is 1. The van der Waals surface area contributed by atoms with E-state index in [9.17, 15) is 13.2 Å². The number of piperazine rings is 1. The van der Waals surface area contributed by atoms with Crippen molar-refractivity contribution in [1.29, 1.82) is 0 Å². The zero-order chi connectivity index (χ0) is 22.4. The molecule has 0 radical (unpaired) electrons. The molecule has 3 rings (SSSR count). The number of ether oxygens (including phenoxy) is 3. The second kappa shape index (κ2) is 10.1. The highest BCUT2D eigenvalue weighted by Gasteiger charge is 2.28. The largest absolute Gasteiger partial charge is 0.493 e. The van der Waals surface area contributed by atoms with Gasteiger partial charge in [0.2, 0.25) is 10.0 Å². The Labute approximate surface area is 183 Å². The van der Waals surface area contributed by atoms with Crippen molar-refractivity contribution in [2.24, 2.45) is 0 Å². The molecule has 0 spiro atoms. The number of methoxy groups -OCH3 is 2. The maximum atomic E-state index is 13.0. The van der Waals surface area contributed by atoms with E-state index in [1.54, 1.807) is 21.1 Å². The standard InChI is InChI=1S/C22H28N2O6S/c1-4-30-22(25)18-6-8-19(9-7-18)31(26,27)24-13-11-23(12-14-24)16-17-5-10-20(28-2)21(15-17)29-3/h5-10,15H,4,11-14,16H2,1-3H3. The van der Waals surface area contributed by atoms with Gasteiger partial charge < -0.3 is 14.2 Å². The molecular formula is C22H28N2O6S. The summed E-state index contributed by atoms with van der Waals surface area (Å²) >= 11 is 0. The lowest BCUT2D eigenvalue weighted by molar-refractivity contribution is 0.0526. The van der Waals surface area contributed by atoms with Crippen LogP contribution in [0.1, 0.15) is 22.8 Å². The van der Waals surface area contributed by atoms with E-state index in [-0.39, 0.29) is 11.5 Å². The van der Waals surface area contributed by atoms with Gasteiger partial charge in [-0.25, -0.2) is 13.2 Å². The molecule has 1 fully saturated rings. The van der Waals surface area contributed by atoms with Gasteiger partial charge in [-0.05, 0) is 48.9 Å². The topological polar surface area (TPSA) is 85.4 Å². The molecule has 168 valence electrons. The Morgan fingerprint density at radius 2 is 1.58 bits per heavy atom. The van der Waals surface area contributed by atoms with Gasteiger partial charge in [0.05, 0.1) is 31.3 Å². The summed E-state index contributed by atoms with van der Waals surface area (Å²) in [6.07, 6.45) is 0. The first-order valence-electron chi connectivity index (χ1n) is 10.1. The zero-order valence-corrected chi connectivity index (χ0v) is 18.9. The lowest BCUT2D eigenvalue weighted by Gasteiger charge is -2.34. The van der Waals surface area contributed by atoms with Crippen LogP contribution in [0.5, 0.6) is 11.5 Å². The van der Waals surface area contributed by atoms with Crippen molar-refractivity contribution in [2.45, 2.75) is 18.4 Å². The maximum Gasteiger partial charge on any atom is 0.338 e. The second-order valence-electron chi connectivity index (χ2n) is 7.11. The zero-order valence-electron chi connectivity index (χ0n) is 18.0. The molecule has 0 unspecified atom stereocenters. The van der Waals surface area contributed by atoms with Crippen molar-refractivity contribution in [3.05, 3.63) is 53.6 Å². The molecule has 9 heteroatoms. The predicted molar refractivity (Wildman–Crippen MR) is 116 cm³/mol. The van der Waals surface area contributed by atoms with E-state index < -0.39 is 16.0 Å². The minimum atomic E-state index is -3.61. The van der Waals surface area contributed by atoms with Crippen LogP contribution in [0.15, 0.2) is 47.4 Å². The van der Waals surface area contributed by atoms with E-state index in [1.807, 2.05) is 18.2 Å². The van der Waals surface area contributed by atoms with Gasteiger partial charge in [-0.2, -0.15) is 4.31 Å². The van der Waals surface area contributed by atoms with Gasteiger partial charge in [0.15, 0.2) is 11.5 Å². The molecule has 0 aliphatic carbocycles. The Morgan fingerprint density at radius 3 is 2.16 bits per heavy atom. The number of hydrogen-bond acceptors (Lipinski definition) is 7. The summed E-state index contributed by atoms with van der Waals surface area (Å²) in [6, 6.07) is 11.7. The Balaban J connectivity index is 1.61. The van der Waals surface area contributed by atoms with E-state index in [0.29, 0.717) is 49.8 Å². The van der Waals surface area contributed by atoms with E-state index in [4.69, 9.17) is 14.2 Å².